The van der Waals surface area contributed by atoms with Gasteiger partial charge in [0.25, 0.3) is 0 Å². The molecule has 2 aromatic carbocycles. The van der Waals surface area contributed by atoms with E-state index in [0.717, 1.165) is 80.9 Å². The molecule has 1 aliphatic carbocycles. The van der Waals surface area contributed by atoms with E-state index < -0.39 is 5.54 Å². The highest BCUT2D eigenvalue weighted by atomic mass is 16.3. The van der Waals surface area contributed by atoms with E-state index in [1.165, 1.54) is 0 Å². The SMILES string of the molecule is O=C1NCN(c2ccccc2)C12CCN(CCN=C1C[C@H]3c4cc(O)c(O)cc4CC[C@H]3N1)CC2. The first kappa shape index (κ1) is 22.2. The van der Waals surface area contributed by atoms with Crippen molar-refractivity contribution in [1.29, 1.82) is 0 Å². The topological polar surface area (TPSA) is 100 Å². The van der Waals surface area contributed by atoms with Gasteiger partial charge < -0.3 is 30.6 Å². The summed E-state index contributed by atoms with van der Waals surface area (Å²) in [7, 11) is 0. The van der Waals surface area contributed by atoms with Gasteiger partial charge in [0.2, 0.25) is 5.91 Å². The van der Waals surface area contributed by atoms with Crippen LogP contribution in [-0.4, -0.2) is 71.3 Å². The van der Waals surface area contributed by atoms with Crippen LogP contribution in [0.2, 0.25) is 0 Å². The molecule has 1 spiro atoms. The van der Waals surface area contributed by atoms with Crippen molar-refractivity contribution in [3.05, 3.63) is 53.6 Å². The van der Waals surface area contributed by atoms with Crippen LogP contribution in [0.3, 0.4) is 0 Å². The molecule has 6 rings (SSSR count). The van der Waals surface area contributed by atoms with Gasteiger partial charge in [-0.1, -0.05) is 18.2 Å². The molecule has 2 aromatic rings. The van der Waals surface area contributed by atoms with Crippen LogP contribution in [0.1, 0.15) is 42.7 Å². The van der Waals surface area contributed by atoms with Gasteiger partial charge in [-0.05, 0) is 61.1 Å². The molecule has 35 heavy (non-hydrogen) atoms. The maximum absolute atomic E-state index is 12.8. The highest BCUT2D eigenvalue weighted by Crippen LogP contribution is 2.42. The summed E-state index contributed by atoms with van der Waals surface area (Å²) in [6, 6.07) is 14.0. The largest absolute Gasteiger partial charge is 0.504 e. The normalized spacial score (nSPS) is 26.5. The highest BCUT2D eigenvalue weighted by Gasteiger charge is 2.50. The number of aliphatic imine (C=N–C) groups is 1. The molecule has 1 amide bonds. The number of nitrogens with one attached hydrogen (secondary N) is 2. The number of benzene rings is 2. The van der Waals surface area contributed by atoms with E-state index in [1.54, 1.807) is 12.1 Å². The third kappa shape index (κ3) is 3.89. The van der Waals surface area contributed by atoms with Crippen molar-refractivity contribution < 1.29 is 15.0 Å². The lowest BCUT2D eigenvalue weighted by molar-refractivity contribution is -0.125. The summed E-state index contributed by atoms with van der Waals surface area (Å²) in [5.41, 5.74) is 2.92. The molecule has 2 atom stereocenters. The number of phenolic OH excluding ortho intramolecular Hbond substituents is 2. The van der Waals surface area contributed by atoms with Crippen molar-refractivity contribution in [3.8, 4) is 11.5 Å². The standard InChI is InChI=1S/C27H33N5O3/c33-23-14-18-6-7-22-21(20(18)15-24(23)34)16-25(30-22)28-10-13-31-11-8-27(9-12-31)26(35)29-17-32(27)19-4-2-1-3-5-19/h1-5,14-15,21-22,33-34H,6-13,16-17H2,(H,28,30)(H,29,35)/t21-,22+/m0/s1. The maximum atomic E-state index is 12.8. The summed E-state index contributed by atoms with van der Waals surface area (Å²) < 4.78 is 0. The molecule has 3 heterocycles. The monoisotopic (exact) mass is 475 g/mol. The second-order valence-electron chi connectivity index (χ2n) is 10.3. The molecule has 0 bridgehead atoms. The molecule has 0 unspecified atom stereocenters. The van der Waals surface area contributed by atoms with Crippen LogP contribution >= 0.6 is 0 Å². The number of amides is 1. The van der Waals surface area contributed by atoms with Gasteiger partial charge in [0, 0.05) is 43.7 Å². The molecule has 0 radical (unpaired) electrons. The van der Waals surface area contributed by atoms with Gasteiger partial charge in [-0.25, -0.2) is 0 Å². The van der Waals surface area contributed by atoms with Gasteiger partial charge in [-0.3, -0.25) is 9.79 Å². The predicted octanol–water partition coefficient (Wildman–Crippen LogP) is 2.32. The van der Waals surface area contributed by atoms with E-state index in [4.69, 9.17) is 4.99 Å². The lowest BCUT2D eigenvalue weighted by Gasteiger charge is -2.43. The van der Waals surface area contributed by atoms with Crippen molar-refractivity contribution in [2.24, 2.45) is 4.99 Å². The Bertz CT molecular complexity index is 1140. The van der Waals surface area contributed by atoms with Gasteiger partial charge in [0.05, 0.1) is 19.0 Å². The number of anilines is 1. The molecule has 4 N–H and O–H groups in total. The molecule has 0 saturated carbocycles. The minimum Gasteiger partial charge on any atom is -0.504 e. The van der Waals surface area contributed by atoms with E-state index in [0.29, 0.717) is 18.6 Å². The molecule has 4 aliphatic rings. The number of nitrogens with zero attached hydrogens (tertiary/aromatic N) is 3. The lowest BCUT2D eigenvalue weighted by Crippen LogP contribution is -2.56. The van der Waals surface area contributed by atoms with Crippen molar-refractivity contribution in [2.45, 2.75) is 49.6 Å². The summed E-state index contributed by atoms with van der Waals surface area (Å²) in [5, 5.41) is 26.5. The van der Waals surface area contributed by atoms with Crippen molar-refractivity contribution in [3.63, 3.8) is 0 Å². The number of aryl methyl sites for hydroxylation is 1. The highest BCUT2D eigenvalue weighted by molar-refractivity contribution is 5.93. The van der Waals surface area contributed by atoms with Crippen LogP contribution in [0.25, 0.3) is 0 Å². The molecule has 3 saturated heterocycles. The number of piperidine rings is 1. The Labute approximate surface area is 205 Å². The van der Waals surface area contributed by atoms with E-state index in [9.17, 15) is 15.0 Å². The number of likely N-dealkylation sites (tertiary alicyclic amines) is 1. The van der Waals surface area contributed by atoms with Crippen LogP contribution in [0.15, 0.2) is 47.5 Å². The fourth-order valence-electron chi connectivity index (χ4n) is 6.45. The second-order valence-corrected chi connectivity index (χ2v) is 10.3. The first-order valence-corrected chi connectivity index (χ1v) is 12.7. The molecule has 3 fully saturated rings. The first-order chi connectivity index (χ1) is 17.0. The number of fused-ring (bicyclic) bond motifs is 3. The smallest absolute Gasteiger partial charge is 0.247 e. The van der Waals surface area contributed by atoms with Gasteiger partial charge in [-0.15, -0.1) is 0 Å². The van der Waals surface area contributed by atoms with Crippen LogP contribution in [0, 0.1) is 0 Å². The van der Waals surface area contributed by atoms with E-state index >= 15 is 0 Å². The van der Waals surface area contributed by atoms with Gasteiger partial charge in [0.15, 0.2) is 11.5 Å². The first-order valence-electron chi connectivity index (χ1n) is 12.7. The molecular formula is C27H33N5O3. The van der Waals surface area contributed by atoms with Gasteiger partial charge in [-0.2, -0.15) is 0 Å². The fraction of sp³-hybridized carbons (Fsp3) is 0.481. The maximum Gasteiger partial charge on any atom is 0.247 e. The Morgan fingerprint density at radius 2 is 1.86 bits per heavy atom. The molecule has 8 nitrogen and oxygen atoms in total. The third-order valence-corrected chi connectivity index (χ3v) is 8.42. The third-order valence-electron chi connectivity index (χ3n) is 8.42. The van der Waals surface area contributed by atoms with Gasteiger partial charge >= 0.3 is 0 Å². The van der Waals surface area contributed by atoms with Crippen LogP contribution in [0.5, 0.6) is 11.5 Å². The zero-order valence-corrected chi connectivity index (χ0v) is 19.9. The second kappa shape index (κ2) is 8.75. The number of carbonyl (C=O) groups is 1. The van der Waals surface area contributed by atoms with Gasteiger partial charge in [0.1, 0.15) is 5.54 Å². The predicted molar refractivity (Wildman–Crippen MR) is 135 cm³/mol. The molecule has 184 valence electrons. The minimum absolute atomic E-state index is 0.0349. The number of phenols is 2. The lowest BCUT2D eigenvalue weighted by atomic mass is 9.79. The van der Waals surface area contributed by atoms with Crippen LogP contribution < -0.4 is 15.5 Å². The zero-order chi connectivity index (χ0) is 24.0. The summed E-state index contributed by atoms with van der Waals surface area (Å²) in [5.74, 6) is 1.41. The Hall–Kier alpha value is -3.26. The number of rotatable bonds is 4. The minimum atomic E-state index is -0.445. The van der Waals surface area contributed by atoms with E-state index in [2.05, 4.69) is 32.6 Å². The summed E-state index contributed by atoms with van der Waals surface area (Å²) >= 11 is 0. The van der Waals surface area contributed by atoms with E-state index in [1.807, 2.05) is 18.2 Å². The molecule has 3 aliphatic heterocycles. The quantitative estimate of drug-likeness (QED) is 0.507. The van der Waals surface area contributed by atoms with Crippen LogP contribution in [0.4, 0.5) is 5.69 Å². The zero-order valence-electron chi connectivity index (χ0n) is 19.9. The van der Waals surface area contributed by atoms with Crippen molar-refractivity contribution in [1.82, 2.24) is 15.5 Å². The van der Waals surface area contributed by atoms with Crippen LogP contribution in [-0.2, 0) is 11.2 Å². The summed E-state index contributed by atoms with van der Waals surface area (Å²) in [4.78, 5) is 22.4. The number of para-hydroxylation sites is 1. The average Bonchev–Trinajstić information content (AvgIpc) is 3.43. The number of hydrogen-bond donors (Lipinski definition) is 4. The fourth-order valence-corrected chi connectivity index (χ4v) is 6.45. The van der Waals surface area contributed by atoms with Crippen molar-refractivity contribution in [2.75, 3.05) is 37.7 Å². The molecule has 8 heteroatoms. The summed E-state index contributed by atoms with van der Waals surface area (Å²) in [6.07, 6.45) is 4.39. The Morgan fingerprint density at radius 1 is 1.09 bits per heavy atom. The van der Waals surface area contributed by atoms with Crippen molar-refractivity contribution >= 4 is 17.4 Å². The Morgan fingerprint density at radius 3 is 2.66 bits per heavy atom. The molecular weight excluding hydrogens is 442 g/mol. The number of aromatic hydroxyl groups is 2. The Kier molecular flexibility index (Phi) is 5.56. The number of carbonyl (C=O) groups excluding carboxylic acids is 1. The Balaban J connectivity index is 1.05. The molecule has 0 aromatic heterocycles. The number of hydrogen-bond acceptors (Lipinski definition) is 6. The number of amidine groups is 1. The summed E-state index contributed by atoms with van der Waals surface area (Å²) in [6.45, 7) is 3.96. The van der Waals surface area contributed by atoms with E-state index in [-0.39, 0.29) is 17.4 Å². The average molecular weight is 476 g/mol.